The fourth-order valence-corrected chi connectivity index (χ4v) is 4.31. The van der Waals surface area contributed by atoms with Crippen LogP contribution >= 0.6 is 11.8 Å². The zero-order valence-corrected chi connectivity index (χ0v) is 17.2. The minimum atomic E-state index is -0.451. The smallest absolute Gasteiger partial charge is 0.269 e. The Balaban J connectivity index is 1.61. The molecule has 0 bridgehead atoms. The fraction of sp³-hybridized carbons (Fsp3) is 0.0870. The Hall–Kier alpha value is -3.78. The number of rotatable bonds is 6. The van der Waals surface area contributed by atoms with Crippen LogP contribution in [0.2, 0.25) is 0 Å². The minimum Gasteiger partial charge on any atom is -0.273 e. The van der Waals surface area contributed by atoms with Gasteiger partial charge >= 0.3 is 0 Å². The maximum atomic E-state index is 13.2. The molecule has 1 amide bonds. The van der Waals surface area contributed by atoms with Crippen LogP contribution in [0.3, 0.4) is 0 Å². The van der Waals surface area contributed by atoms with Crippen molar-refractivity contribution in [2.75, 3.05) is 4.90 Å². The molecule has 1 atom stereocenters. The molecule has 0 aliphatic carbocycles. The normalized spacial score (nSPS) is 17.5. The van der Waals surface area contributed by atoms with Crippen LogP contribution < -0.4 is 4.90 Å². The molecule has 3 aromatic rings. The number of nitrogens with zero attached hydrogens (tertiary/aromatic N) is 4. The fourth-order valence-electron chi connectivity index (χ4n) is 3.18. The number of para-hydroxylation sites is 1. The molecule has 154 valence electrons. The lowest BCUT2D eigenvalue weighted by molar-refractivity contribution is -0.384. The van der Waals surface area contributed by atoms with Gasteiger partial charge in [-0.25, -0.2) is 0 Å². The molecule has 0 saturated carbocycles. The van der Waals surface area contributed by atoms with Gasteiger partial charge in [-0.15, -0.1) is 5.10 Å². The van der Waals surface area contributed by atoms with Crippen LogP contribution in [0, 0.1) is 10.1 Å². The summed E-state index contributed by atoms with van der Waals surface area (Å²) < 4.78 is 0. The van der Waals surface area contributed by atoms with Crippen molar-refractivity contribution < 1.29 is 9.72 Å². The van der Waals surface area contributed by atoms with Crippen molar-refractivity contribution >= 4 is 40.4 Å². The third-order valence-electron chi connectivity index (χ3n) is 4.64. The highest BCUT2D eigenvalue weighted by Crippen LogP contribution is 2.34. The summed E-state index contributed by atoms with van der Waals surface area (Å²) in [5.41, 5.74) is 2.34. The highest BCUT2D eigenvalue weighted by atomic mass is 32.2. The van der Waals surface area contributed by atoms with Gasteiger partial charge in [-0.1, -0.05) is 72.4 Å². The number of thioether (sulfide) groups is 1. The van der Waals surface area contributed by atoms with Crippen molar-refractivity contribution in [3.05, 3.63) is 106 Å². The molecule has 1 heterocycles. The van der Waals surface area contributed by atoms with Crippen LogP contribution in [0.25, 0.3) is 0 Å². The second-order valence-corrected chi connectivity index (χ2v) is 7.95. The number of amidine groups is 1. The number of non-ortho nitro benzene ring substituents is 1. The lowest BCUT2D eigenvalue weighted by Gasteiger charge is -2.15. The van der Waals surface area contributed by atoms with E-state index in [0.717, 1.165) is 11.1 Å². The largest absolute Gasteiger partial charge is 0.273 e. The van der Waals surface area contributed by atoms with Gasteiger partial charge in [-0.3, -0.25) is 19.8 Å². The van der Waals surface area contributed by atoms with Gasteiger partial charge in [0.1, 0.15) is 0 Å². The Morgan fingerprint density at radius 2 is 1.71 bits per heavy atom. The van der Waals surface area contributed by atoms with E-state index in [1.807, 2.05) is 60.7 Å². The number of nitro groups is 1. The van der Waals surface area contributed by atoms with E-state index in [1.165, 1.54) is 23.9 Å². The predicted octanol–water partition coefficient (Wildman–Crippen LogP) is 4.68. The predicted molar refractivity (Wildman–Crippen MR) is 124 cm³/mol. The zero-order valence-electron chi connectivity index (χ0n) is 16.4. The van der Waals surface area contributed by atoms with Crippen LogP contribution in [-0.2, 0) is 11.2 Å². The molecule has 0 radical (unpaired) electrons. The Morgan fingerprint density at radius 3 is 2.42 bits per heavy atom. The van der Waals surface area contributed by atoms with Crippen LogP contribution in [-0.4, -0.2) is 27.5 Å². The van der Waals surface area contributed by atoms with Gasteiger partial charge < -0.3 is 0 Å². The lowest BCUT2D eigenvalue weighted by atomic mass is 10.1. The number of nitro benzene ring substituents is 1. The summed E-state index contributed by atoms with van der Waals surface area (Å²) in [5.74, 6) is -0.128. The first kappa shape index (κ1) is 20.5. The number of amides is 1. The van der Waals surface area contributed by atoms with E-state index < -0.39 is 10.2 Å². The Bertz CT molecular complexity index is 1150. The molecular weight excluding hydrogens is 412 g/mol. The summed E-state index contributed by atoms with van der Waals surface area (Å²) in [6, 6.07) is 25.2. The van der Waals surface area contributed by atoms with Crippen LogP contribution in [0.1, 0.15) is 11.1 Å². The third-order valence-corrected chi connectivity index (χ3v) is 5.77. The minimum absolute atomic E-state index is 0.00853. The van der Waals surface area contributed by atoms with E-state index in [0.29, 0.717) is 17.3 Å². The van der Waals surface area contributed by atoms with E-state index in [-0.39, 0.29) is 11.6 Å². The summed E-state index contributed by atoms with van der Waals surface area (Å²) in [6.45, 7) is 0. The number of hydrogen-bond donors (Lipinski definition) is 0. The van der Waals surface area contributed by atoms with Crippen molar-refractivity contribution in [3.63, 3.8) is 0 Å². The van der Waals surface area contributed by atoms with Crippen molar-refractivity contribution in [1.82, 2.24) is 0 Å². The van der Waals surface area contributed by atoms with E-state index in [9.17, 15) is 14.9 Å². The molecule has 0 spiro atoms. The number of anilines is 1. The molecule has 3 aromatic carbocycles. The Labute approximate surface area is 183 Å². The number of benzene rings is 3. The molecule has 0 aromatic heterocycles. The molecule has 0 unspecified atom stereocenters. The molecule has 8 heteroatoms. The topological polar surface area (TPSA) is 88.2 Å². The van der Waals surface area contributed by atoms with Gasteiger partial charge in [0.05, 0.1) is 22.1 Å². The van der Waals surface area contributed by atoms with Crippen LogP contribution in [0.4, 0.5) is 11.4 Å². The van der Waals surface area contributed by atoms with Gasteiger partial charge in [0.15, 0.2) is 5.17 Å². The zero-order chi connectivity index (χ0) is 21.6. The molecule has 1 fully saturated rings. The summed E-state index contributed by atoms with van der Waals surface area (Å²) in [7, 11) is 0. The Kier molecular flexibility index (Phi) is 6.18. The average Bonchev–Trinajstić information content (AvgIpc) is 3.10. The Morgan fingerprint density at radius 1 is 1.00 bits per heavy atom. The van der Waals surface area contributed by atoms with Gasteiger partial charge in [0.25, 0.3) is 5.69 Å². The number of carbonyl (C=O) groups excluding carboxylic acids is 1. The first-order chi connectivity index (χ1) is 15.1. The molecule has 1 saturated heterocycles. The summed E-state index contributed by atoms with van der Waals surface area (Å²) in [6.07, 6.45) is 1.99. The van der Waals surface area contributed by atoms with Crippen LogP contribution in [0.15, 0.2) is 95.1 Å². The average molecular weight is 430 g/mol. The molecule has 31 heavy (non-hydrogen) atoms. The van der Waals surface area contributed by atoms with Crippen molar-refractivity contribution in [3.8, 4) is 0 Å². The monoisotopic (exact) mass is 430 g/mol. The van der Waals surface area contributed by atoms with Crippen molar-refractivity contribution in [2.24, 2.45) is 10.2 Å². The van der Waals surface area contributed by atoms with E-state index in [4.69, 9.17) is 0 Å². The second-order valence-electron chi connectivity index (χ2n) is 6.78. The first-order valence-electron chi connectivity index (χ1n) is 9.57. The summed E-state index contributed by atoms with van der Waals surface area (Å²) in [5, 5.41) is 19.6. The highest BCUT2D eigenvalue weighted by Gasteiger charge is 2.39. The van der Waals surface area contributed by atoms with Gasteiger partial charge in [0, 0.05) is 12.1 Å². The highest BCUT2D eigenvalue weighted by molar-refractivity contribution is 8.16. The molecule has 4 rings (SSSR count). The van der Waals surface area contributed by atoms with Gasteiger partial charge in [-0.2, -0.15) is 5.10 Å². The van der Waals surface area contributed by atoms with E-state index >= 15 is 0 Å². The molecule has 1 aliphatic rings. The second kappa shape index (κ2) is 9.36. The van der Waals surface area contributed by atoms with Crippen LogP contribution in [0.5, 0.6) is 0 Å². The molecule has 7 nitrogen and oxygen atoms in total. The SMILES string of the molecule is O=C1[C@H](Cc2cccc([N+](=O)[O-])c2)S/C(=N\N=C/c2ccccc2)N1c1ccccc1. The standard InChI is InChI=1S/C23H18N4O3S/c28-22-21(15-18-10-7-13-20(14-18)27(29)30)31-23(26(22)19-11-5-2-6-12-19)25-24-16-17-8-3-1-4-9-17/h1-14,16,21H,15H2/b24-16-,25-23-/t21-/m0/s1. The summed E-state index contributed by atoms with van der Waals surface area (Å²) in [4.78, 5) is 25.4. The van der Waals surface area contributed by atoms with Gasteiger partial charge in [-0.05, 0) is 29.7 Å². The molecule has 0 N–H and O–H groups in total. The number of hydrogen-bond acceptors (Lipinski definition) is 6. The maximum absolute atomic E-state index is 13.2. The molecule has 1 aliphatic heterocycles. The summed E-state index contributed by atoms with van der Waals surface area (Å²) >= 11 is 1.31. The third kappa shape index (κ3) is 4.87. The number of carbonyl (C=O) groups is 1. The quantitative estimate of drug-likeness (QED) is 0.323. The lowest BCUT2D eigenvalue weighted by Crippen LogP contribution is -2.32. The van der Waals surface area contributed by atoms with Crippen molar-refractivity contribution in [1.29, 1.82) is 0 Å². The van der Waals surface area contributed by atoms with E-state index in [2.05, 4.69) is 10.2 Å². The first-order valence-corrected chi connectivity index (χ1v) is 10.4. The van der Waals surface area contributed by atoms with E-state index in [1.54, 1.807) is 23.2 Å². The van der Waals surface area contributed by atoms with Crippen molar-refractivity contribution in [2.45, 2.75) is 11.7 Å². The molecular formula is C23H18N4O3S. The van der Waals surface area contributed by atoms with Gasteiger partial charge in [0.2, 0.25) is 5.91 Å². The maximum Gasteiger partial charge on any atom is 0.269 e.